The Morgan fingerprint density at radius 1 is 1.67 bits per heavy atom. The average Bonchev–Trinajstić information content (AvgIpc) is 2.50. The largest absolute Gasteiger partial charge is 0.465 e. The van der Waals surface area contributed by atoms with Crippen molar-refractivity contribution in [1.82, 2.24) is 4.98 Å². The average molecular weight is 185 g/mol. The summed E-state index contributed by atoms with van der Waals surface area (Å²) in [5, 5.41) is 0. The predicted molar refractivity (Wildman–Crippen MR) is 47.5 cm³/mol. The van der Waals surface area contributed by atoms with Gasteiger partial charge in [0.05, 0.1) is 18.3 Å². The zero-order valence-electron chi connectivity index (χ0n) is 7.33. The van der Waals surface area contributed by atoms with Crippen LogP contribution in [0.2, 0.25) is 0 Å². The van der Waals surface area contributed by atoms with Crippen molar-refractivity contribution in [3.63, 3.8) is 0 Å². The van der Waals surface area contributed by atoms with Crippen LogP contribution in [0.4, 0.5) is 0 Å². The molecule has 0 aliphatic rings. The van der Waals surface area contributed by atoms with E-state index >= 15 is 0 Å². The third-order valence-corrected chi connectivity index (χ3v) is 2.33. The molecule has 0 saturated heterocycles. The molecule has 0 aromatic carbocycles. The summed E-state index contributed by atoms with van der Waals surface area (Å²) in [5.74, 6) is -0.0217. The Labute approximate surface area is 75.4 Å². The fourth-order valence-corrected chi connectivity index (χ4v) is 1.77. The highest BCUT2D eigenvalue weighted by Crippen LogP contribution is 2.21. The smallest absolute Gasteiger partial charge is 0.349 e. The fourth-order valence-electron chi connectivity index (χ4n) is 0.911. The van der Waals surface area contributed by atoms with Gasteiger partial charge in [-0.2, -0.15) is 0 Å². The fraction of sp³-hybridized carbons (Fsp3) is 0.500. The molecule has 12 heavy (non-hydrogen) atoms. The Morgan fingerprint density at radius 2 is 2.33 bits per heavy atom. The molecule has 4 heteroatoms. The number of hydrogen-bond acceptors (Lipinski definition) is 4. The first-order chi connectivity index (χ1) is 5.66. The maximum atomic E-state index is 11.1. The number of carbonyl (C=O) groups is 1. The highest BCUT2D eigenvalue weighted by atomic mass is 32.1. The number of methoxy groups -OCH3 is 1. The summed E-state index contributed by atoms with van der Waals surface area (Å²) < 4.78 is 4.62. The summed E-state index contributed by atoms with van der Waals surface area (Å²) >= 11 is 1.32. The van der Waals surface area contributed by atoms with E-state index in [-0.39, 0.29) is 11.9 Å². The zero-order valence-corrected chi connectivity index (χ0v) is 8.14. The van der Waals surface area contributed by atoms with Crippen LogP contribution in [0.25, 0.3) is 0 Å². The van der Waals surface area contributed by atoms with Crippen molar-refractivity contribution in [2.24, 2.45) is 0 Å². The van der Waals surface area contributed by atoms with E-state index in [9.17, 15) is 4.79 Å². The summed E-state index contributed by atoms with van der Waals surface area (Å²) in [6.45, 7) is 4.00. The normalized spacial score (nSPS) is 10.3. The summed E-state index contributed by atoms with van der Waals surface area (Å²) in [4.78, 5) is 15.9. The van der Waals surface area contributed by atoms with Crippen molar-refractivity contribution in [3.8, 4) is 0 Å². The lowest BCUT2D eigenvalue weighted by atomic mass is 10.1. The van der Waals surface area contributed by atoms with Crippen molar-refractivity contribution < 1.29 is 9.53 Å². The highest BCUT2D eigenvalue weighted by Gasteiger charge is 2.16. The topological polar surface area (TPSA) is 39.2 Å². The number of nitrogens with zero attached hydrogens (tertiary/aromatic N) is 1. The van der Waals surface area contributed by atoms with Gasteiger partial charge in [0.25, 0.3) is 0 Å². The standard InChI is InChI=1S/C8H11NO2S/c1-5(2)6-7(8(10)11-3)12-4-9-6/h4-5H,1-3H3. The van der Waals surface area contributed by atoms with Gasteiger partial charge < -0.3 is 4.74 Å². The molecule has 0 N–H and O–H groups in total. The highest BCUT2D eigenvalue weighted by molar-refractivity contribution is 7.11. The van der Waals surface area contributed by atoms with Crippen molar-refractivity contribution >= 4 is 17.3 Å². The van der Waals surface area contributed by atoms with E-state index in [1.165, 1.54) is 18.4 Å². The SMILES string of the molecule is COC(=O)c1scnc1C(C)C. The van der Waals surface area contributed by atoms with Crippen LogP contribution in [-0.2, 0) is 4.74 Å². The maximum Gasteiger partial charge on any atom is 0.349 e. The number of rotatable bonds is 2. The van der Waals surface area contributed by atoms with E-state index in [0.717, 1.165) is 5.69 Å². The van der Waals surface area contributed by atoms with Crippen LogP contribution in [0, 0.1) is 0 Å². The molecule has 0 bridgehead atoms. The van der Waals surface area contributed by atoms with Crippen molar-refractivity contribution in [2.45, 2.75) is 19.8 Å². The Hall–Kier alpha value is -0.900. The molecule has 0 unspecified atom stereocenters. The minimum Gasteiger partial charge on any atom is -0.465 e. The molecular formula is C8H11NO2S. The van der Waals surface area contributed by atoms with Crippen LogP contribution in [0.15, 0.2) is 5.51 Å². The minimum absolute atomic E-state index is 0.269. The van der Waals surface area contributed by atoms with Crippen molar-refractivity contribution in [1.29, 1.82) is 0 Å². The van der Waals surface area contributed by atoms with E-state index in [0.29, 0.717) is 4.88 Å². The van der Waals surface area contributed by atoms with Crippen LogP contribution >= 0.6 is 11.3 Å². The molecule has 1 heterocycles. The number of aromatic nitrogens is 1. The second-order valence-electron chi connectivity index (χ2n) is 2.71. The molecule has 1 aromatic heterocycles. The lowest BCUT2D eigenvalue weighted by Gasteiger charge is -2.02. The maximum absolute atomic E-state index is 11.1. The summed E-state index contributed by atoms with van der Waals surface area (Å²) in [6.07, 6.45) is 0. The first kappa shape index (κ1) is 9.19. The summed E-state index contributed by atoms with van der Waals surface area (Å²) in [7, 11) is 1.38. The van der Waals surface area contributed by atoms with Gasteiger partial charge in [0, 0.05) is 0 Å². The number of hydrogen-bond donors (Lipinski definition) is 0. The minimum atomic E-state index is -0.291. The second-order valence-corrected chi connectivity index (χ2v) is 3.57. The van der Waals surface area contributed by atoms with Crippen molar-refractivity contribution in [3.05, 3.63) is 16.1 Å². The van der Waals surface area contributed by atoms with Crippen LogP contribution < -0.4 is 0 Å². The van der Waals surface area contributed by atoms with Gasteiger partial charge in [-0.3, -0.25) is 0 Å². The molecule has 1 aromatic rings. The number of thiazole rings is 1. The lowest BCUT2D eigenvalue weighted by molar-refractivity contribution is 0.0604. The van der Waals surface area contributed by atoms with E-state index in [4.69, 9.17) is 0 Å². The Balaban J connectivity index is 2.99. The van der Waals surface area contributed by atoms with Crippen LogP contribution in [0.5, 0.6) is 0 Å². The van der Waals surface area contributed by atoms with Gasteiger partial charge >= 0.3 is 5.97 Å². The van der Waals surface area contributed by atoms with E-state index in [1.54, 1.807) is 5.51 Å². The third kappa shape index (κ3) is 1.64. The number of ether oxygens (including phenoxy) is 1. The van der Waals surface area contributed by atoms with E-state index in [1.807, 2.05) is 13.8 Å². The van der Waals surface area contributed by atoms with Gasteiger partial charge in [0.1, 0.15) is 4.88 Å². The monoisotopic (exact) mass is 185 g/mol. The molecule has 0 aliphatic heterocycles. The molecule has 0 saturated carbocycles. The van der Waals surface area contributed by atoms with Gasteiger partial charge in [0.2, 0.25) is 0 Å². The zero-order chi connectivity index (χ0) is 9.14. The summed E-state index contributed by atoms with van der Waals surface area (Å²) in [5.41, 5.74) is 2.49. The second kappa shape index (κ2) is 3.67. The molecular weight excluding hydrogens is 174 g/mol. The molecule has 0 aliphatic carbocycles. The molecule has 66 valence electrons. The van der Waals surface area contributed by atoms with Crippen molar-refractivity contribution in [2.75, 3.05) is 7.11 Å². The number of carbonyl (C=O) groups excluding carboxylic acids is 1. The first-order valence-electron chi connectivity index (χ1n) is 3.68. The Bertz CT molecular complexity index is 280. The van der Waals surface area contributed by atoms with Gasteiger partial charge in [0.15, 0.2) is 0 Å². The van der Waals surface area contributed by atoms with E-state index in [2.05, 4.69) is 9.72 Å². The third-order valence-electron chi connectivity index (χ3n) is 1.51. The van der Waals surface area contributed by atoms with Crippen LogP contribution in [-0.4, -0.2) is 18.1 Å². The van der Waals surface area contributed by atoms with Crippen LogP contribution in [0.3, 0.4) is 0 Å². The van der Waals surface area contributed by atoms with Gasteiger partial charge in [-0.05, 0) is 5.92 Å². The molecule has 3 nitrogen and oxygen atoms in total. The van der Waals surface area contributed by atoms with Gasteiger partial charge in [-0.15, -0.1) is 11.3 Å². The Kier molecular flexibility index (Phi) is 2.81. The first-order valence-corrected chi connectivity index (χ1v) is 4.56. The van der Waals surface area contributed by atoms with E-state index < -0.39 is 0 Å². The molecule has 1 rings (SSSR count). The quantitative estimate of drug-likeness (QED) is 0.662. The molecule has 0 radical (unpaired) electrons. The summed E-state index contributed by atoms with van der Waals surface area (Å²) in [6, 6.07) is 0. The lowest BCUT2D eigenvalue weighted by Crippen LogP contribution is -2.03. The van der Waals surface area contributed by atoms with Gasteiger partial charge in [-0.1, -0.05) is 13.8 Å². The Morgan fingerprint density at radius 3 is 2.83 bits per heavy atom. The molecule has 0 amide bonds. The molecule has 0 spiro atoms. The van der Waals surface area contributed by atoms with Gasteiger partial charge in [-0.25, -0.2) is 9.78 Å². The molecule has 0 fully saturated rings. The molecule has 0 atom stereocenters. The number of esters is 1. The van der Waals surface area contributed by atoms with Crippen LogP contribution in [0.1, 0.15) is 35.1 Å². The predicted octanol–water partition coefficient (Wildman–Crippen LogP) is 2.05.